The van der Waals surface area contributed by atoms with Crippen LogP contribution in [-0.2, 0) is 0 Å². The van der Waals surface area contributed by atoms with Gasteiger partial charge in [-0.3, -0.25) is 0 Å². The van der Waals surface area contributed by atoms with Crippen LogP contribution in [0.4, 0.5) is 5.82 Å². The Morgan fingerprint density at radius 3 is 2.40 bits per heavy atom. The number of aliphatic hydroxyl groups is 1. The molecule has 3 rings (SSSR count). The second-order valence-corrected chi connectivity index (χ2v) is 6.33. The zero-order chi connectivity index (χ0) is 14.4. The molecule has 0 radical (unpaired) electrons. The van der Waals surface area contributed by atoms with Crippen molar-refractivity contribution >= 4 is 23.0 Å². The molecule has 0 aromatic carbocycles. The third-order valence-electron chi connectivity index (χ3n) is 4.64. The third-order valence-corrected chi connectivity index (χ3v) is 4.84. The van der Waals surface area contributed by atoms with E-state index in [1.54, 1.807) is 0 Å². The first-order chi connectivity index (χ1) is 9.49. The van der Waals surface area contributed by atoms with E-state index in [4.69, 9.17) is 18.0 Å². The number of aromatic nitrogens is 2. The quantitative estimate of drug-likeness (QED) is 0.798. The molecule has 2 unspecified atom stereocenters. The van der Waals surface area contributed by atoms with Gasteiger partial charge in [-0.05, 0) is 45.1 Å². The number of aliphatic hydroxyl groups excluding tert-OH is 1. The van der Waals surface area contributed by atoms with E-state index in [9.17, 15) is 5.11 Å². The first-order valence-electron chi connectivity index (χ1n) is 7.09. The van der Waals surface area contributed by atoms with Crippen LogP contribution in [-0.4, -0.2) is 38.5 Å². The highest BCUT2D eigenvalue weighted by molar-refractivity contribution is 7.80. The highest BCUT2D eigenvalue weighted by Crippen LogP contribution is 2.40. The molecule has 6 heteroatoms. The minimum absolute atomic E-state index is 0.198. The summed E-state index contributed by atoms with van der Waals surface area (Å²) in [6.07, 6.45) is 3.57. The van der Waals surface area contributed by atoms with Gasteiger partial charge in [0.25, 0.3) is 0 Å². The molecule has 20 heavy (non-hydrogen) atoms. The van der Waals surface area contributed by atoms with Crippen LogP contribution < -0.4 is 10.6 Å². The van der Waals surface area contributed by atoms with Gasteiger partial charge in [-0.15, -0.1) is 5.10 Å². The van der Waals surface area contributed by atoms with Crippen LogP contribution in [0.2, 0.25) is 0 Å². The topological polar surface area (TPSA) is 75.3 Å². The molecule has 2 aliphatic rings. The Hall–Kier alpha value is -1.27. The molecule has 2 saturated heterocycles. The molecule has 0 spiro atoms. The molecule has 108 valence electrons. The molecular weight excluding hydrogens is 272 g/mol. The predicted molar refractivity (Wildman–Crippen MR) is 81.9 cm³/mol. The summed E-state index contributed by atoms with van der Waals surface area (Å²) in [4.78, 5) is 2.67. The number of anilines is 1. The normalized spacial score (nSPS) is 28.8. The number of piperidine rings is 1. The lowest BCUT2D eigenvalue weighted by Gasteiger charge is -2.38. The van der Waals surface area contributed by atoms with Crippen LogP contribution in [0.3, 0.4) is 0 Å². The summed E-state index contributed by atoms with van der Waals surface area (Å²) in [5.74, 6) is 0.806. The van der Waals surface area contributed by atoms with Crippen molar-refractivity contribution in [3.05, 3.63) is 16.8 Å². The highest BCUT2D eigenvalue weighted by atomic mass is 32.1. The number of rotatable bonds is 2. The molecule has 1 aromatic heterocycles. The van der Waals surface area contributed by atoms with Gasteiger partial charge in [0.2, 0.25) is 0 Å². The number of nitrogens with zero attached hydrogens (tertiary/aromatic N) is 3. The van der Waals surface area contributed by atoms with E-state index in [-0.39, 0.29) is 6.10 Å². The smallest absolute Gasteiger partial charge is 0.162 e. The summed E-state index contributed by atoms with van der Waals surface area (Å²) in [5, 5.41) is 18.5. The maximum Gasteiger partial charge on any atom is 0.162 e. The predicted octanol–water partition coefficient (Wildman–Crippen LogP) is 1.22. The van der Waals surface area contributed by atoms with Crippen molar-refractivity contribution in [2.45, 2.75) is 57.7 Å². The molecular formula is C14H20N4OS. The van der Waals surface area contributed by atoms with Gasteiger partial charge in [-0.1, -0.05) is 12.2 Å². The van der Waals surface area contributed by atoms with Crippen molar-refractivity contribution in [3.8, 4) is 0 Å². The lowest BCUT2D eigenvalue weighted by atomic mass is 9.98. The number of nitrogens with two attached hydrogens (primary N) is 1. The standard InChI is InChI=1S/C14H20N4OS/c1-7-8(2)16-17-14(12(7)13(15)20)18-9-3-4-10(18)6-11(19)5-9/h9-11,19H,3-6H2,1-2H3,(H2,15,20). The minimum atomic E-state index is -0.198. The van der Waals surface area contributed by atoms with Crippen molar-refractivity contribution in [1.82, 2.24) is 10.2 Å². The molecule has 1 aromatic rings. The zero-order valence-corrected chi connectivity index (χ0v) is 12.7. The molecule has 0 aliphatic carbocycles. The van der Waals surface area contributed by atoms with Gasteiger partial charge < -0.3 is 15.7 Å². The molecule has 0 saturated carbocycles. The Kier molecular flexibility index (Phi) is 3.38. The molecule has 2 aliphatic heterocycles. The maximum atomic E-state index is 9.92. The van der Waals surface area contributed by atoms with Gasteiger partial charge in [0, 0.05) is 12.1 Å². The van der Waals surface area contributed by atoms with Crippen molar-refractivity contribution < 1.29 is 5.11 Å². The van der Waals surface area contributed by atoms with Gasteiger partial charge in [-0.2, -0.15) is 5.10 Å². The lowest BCUT2D eigenvalue weighted by Crippen LogP contribution is -2.46. The zero-order valence-electron chi connectivity index (χ0n) is 11.8. The summed E-state index contributed by atoms with van der Waals surface area (Å²) in [7, 11) is 0. The second kappa shape index (κ2) is 4.93. The molecule has 2 atom stereocenters. The number of thiocarbonyl (C=S) groups is 1. The van der Waals surface area contributed by atoms with E-state index < -0.39 is 0 Å². The molecule has 3 N–H and O–H groups in total. The van der Waals surface area contributed by atoms with E-state index in [1.807, 2.05) is 13.8 Å². The Morgan fingerprint density at radius 2 is 1.85 bits per heavy atom. The maximum absolute atomic E-state index is 9.92. The van der Waals surface area contributed by atoms with Crippen LogP contribution >= 0.6 is 12.2 Å². The number of hydrogen-bond acceptors (Lipinski definition) is 5. The first-order valence-corrected chi connectivity index (χ1v) is 7.50. The first kappa shape index (κ1) is 13.7. The van der Waals surface area contributed by atoms with Crippen molar-refractivity contribution in [2.75, 3.05) is 4.90 Å². The SMILES string of the molecule is Cc1nnc(N2C3CCC2CC(O)C3)c(C(N)=S)c1C. The van der Waals surface area contributed by atoms with E-state index >= 15 is 0 Å². The molecule has 2 fully saturated rings. The monoisotopic (exact) mass is 292 g/mol. The Morgan fingerprint density at radius 1 is 1.25 bits per heavy atom. The fourth-order valence-corrected chi connectivity index (χ4v) is 3.81. The average Bonchev–Trinajstić information content (AvgIpc) is 2.64. The number of hydrogen-bond donors (Lipinski definition) is 2. The lowest BCUT2D eigenvalue weighted by molar-refractivity contribution is 0.126. The van der Waals surface area contributed by atoms with Crippen molar-refractivity contribution in [3.63, 3.8) is 0 Å². The molecule has 3 heterocycles. The van der Waals surface area contributed by atoms with Crippen LogP contribution in [0.25, 0.3) is 0 Å². The van der Waals surface area contributed by atoms with E-state index in [1.165, 1.54) is 0 Å². The fraction of sp³-hybridized carbons (Fsp3) is 0.643. The van der Waals surface area contributed by atoms with Gasteiger partial charge in [0.15, 0.2) is 5.82 Å². The molecule has 5 nitrogen and oxygen atoms in total. The molecule has 2 bridgehead atoms. The van der Waals surface area contributed by atoms with Crippen LogP contribution in [0.1, 0.15) is 42.5 Å². The summed E-state index contributed by atoms with van der Waals surface area (Å²) < 4.78 is 0. The fourth-order valence-electron chi connectivity index (χ4n) is 3.57. The Labute approximate surface area is 124 Å². The van der Waals surface area contributed by atoms with Crippen LogP contribution in [0.15, 0.2) is 0 Å². The van der Waals surface area contributed by atoms with Crippen LogP contribution in [0.5, 0.6) is 0 Å². The minimum Gasteiger partial charge on any atom is -0.393 e. The van der Waals surface area contributed by atoms with Gasteiger partial charge in [-0.25, -0.2) is 0 Å². The number of aryl methyl sites for hydroxylation is 1. The van der Waals surface area contributed by atoms with Gasteiger partial charge in [0.05, 0.1) is 17.4 Å². The average molecular weight is 292 g/mol. The summed E-state index contributed by atoms with van der Waals surface area (Å²) in [6, 6.07) is 0.654. The van der Waals surface area contributed by atoms with Crippen molar-refractivity contribution in [2.24, 2.45) is 5.73 Å². The van der Waals surface area contributed by atoms with Crippen molar-refractivity contribution in [1.29, 1.82) is 0 Å². The summed E-state index contributed by atoms with van der Waals surface area (Å²) in [6.45, 7) is 3.91. The summed E-state index contributed by atoms with van der Waals surface area (Å²) in [5.41, 5.74) is 8.63. The molecule has 0 amide bonds. The Bertz CT molecular complexity index is 548. The third kappa shape index (κ3) is 2.07. The van der Waals surface area contributed by atoms with Gasteiger partial charge >= 0.3 is 0 Å². The van der Waals surface area contributed by atoms with E-state index in [2.05, 4.69) is 15.1 Å². The van der Waals surface area contributed by atoms with E-state index in [0.29, 0.717) is 17.1 Å². The van der Waals surface area contributed by atoms with E-state index in [0.717, 1.165) is 48.3 Å². The highest BCUT2D eigenvalue weighted by Gasteiger charge is 2.42. The largest absolute Gasteiger partial charge is 0.393 e. The number of fused-ring (bicyclic) bond motifs is 2. The Balaban J connectivity index is 2.07. The summed E-state index contributed by atoms with van der Waals surface area (Å²) >= 11 is 5.22. The van der Waals surface area contributed by atoms with Gasteiger partial charge in [0.1, 0.15) is 4.99 Å². The second-order valence-electron chi connectivity index (χ2n) is 5.89. The van der Waals surface area contributed by atoms with Crippen LogP contribution in [0, 0.1) is 13.8 Å².